The molecule has 4 aromatic rings. The molecule has 0 spiro atoms. The van der Waals surface area contributed by atoms with Crippen LogP contribution in [0.15, 0.2) is 57.7 Å². The van der Waals surface area contributed by atoms with Gasteiger partial charge in [-0.05, 0) is 57.0 Å². The lowest BCUT2D eigenvalue weighted by atomic mass is 9.85. The number of amides is 3. The van der Waals surface area contributed by atoms with Gasteiger partial charge in [0.1, 0.15) is 18.1 Å². The van der Waals surface area contributed by atoms with E-state index in [0.29, 0.717) is 15.4 Å². The van der Waals surface area contributed by atoms with Gasteiger partial charge in [0.15, 0.2) is 5.82 Å². The molecule has 0 bridgehead atoms. The minimum Gasteiger partial charge on any atom is -0.452 e. The van der Waals surface area contributed by atoms with Crippen LogP contribution in [-0.2, 0) is 4.74 Å². The van der Waals surface area contributed by atoms with E-state index in [1.54, 1.807) is 30.3 Å². The van der Waals surface area contributed by atoms with Crippen LogP contribution in [0.25, 0.3) is 16.6 Å². The maximum absolute atomic E-state index is 13.4. The van der Waals surface area contributed by atoms with Crippen molar-refractivity contribution >= 4 is 91.1 Å². The number of carbonyl (C=O) groups is 3. The number of methoxy groups -OCH3 is 1. The zero-order chi connectivity index (χ0) is 26.0. The van der Waals surface area contributed by atoms with Crippen LogP contribution < -0.4 is 21.6 Å². The van der Waals surface area contributed by atoms with Gasteiger partial charge in [-0.1, -0.05) is 39.1 Å². The zero-order valence-electron chi connectivity index (χ0n) is 18.3. The van der Waals surface area contributed by atoms with Gasteiger partial charge in [0.25, 0.3) is 11.8 Å². The van der Waals surface area contributed by atoms with Crippen molar-refractivity contribution in [1.29, 1.82) is 0 Å². The van der Waals surface area contributed by atoms with E-state index in [1.165, 1.54) is 23.0 Å². The molecule has 3 N–H and O–H groups in total. The van der Waals surface area contributed by atoms with Crippen molar-refractivity contribution in [2.45, 2.75) is 0 Å². The Balaban J connectivity index is 1.79. The number of carbonyl (C=O) groups excluding carboxylic acids is 3. The molecular weight excluding hydrogens is 618 g/mol. The lowest BCUT2D eigenvalue weighted by Crippen LogP contribution is -2.42. The second-order valence-corrected chi connectivity index (χ2v) is 9.31. The maximum atomic E-state index is 13.4. The van der Waals surface area contributed by atoms with E-state index in [2.05, 4.69) is 62.8 Å². The molecule has 0 saturated carbocycles. The SMILES string of the molecule is [B]c1c(NC(=O)c2cc(Br)nn2-c2ncccc2Cl)c(C(=O)NNC(=O)OC)cc2cc(Br)ccc12. The Morgan fingerprint density at radius 1 is 1.08 bits per heavy atom. The molecule has 3 amide bonds. The Labute approximate surface area is 227 Å². The molecule has 0 aliphatic carbocycles. The fourth-order valence-electron chi connectivity index (χ4n) is 3.33. The normalized spacial score (nSPS) is 10.7. The van der Waals surface area contributed by atoms with Gasteiger partial charge in [-0.15, -0.1) is 0 Å². The van der Waals surface area contributed by atoms with Gasteiger partial charge >= 0.3 is 6.09 Å². The van der Waals surface area contributed by atoms with E-state index < -0.39 is 17.9 Å². The molecule has 10 nitrogen and oxygen atoms in total. The molecule has 0 aliphatic heterocycles. The molecule has 2 radical (unpaired) electrons. The number of ether oxygens (including phenoxy) is 1. The molecule has 36 heavy (non-hydrogen) atoms. The number of hydrazine groups is 1. The van der Waals surface area contributed by atoms with E-state index in [4.69, 9.17) is 19.4 Å². The molecule has 14 heteroatoms. The third-order valence-corrected chi connectivity index (χ3v) is 6.12. The first-order valence-electron chi connectivity index (χ1n) is 10.0. The van der Waals surface area contributed by atoms with Crippen LogP contribution in [0.5, 0.6) is 0 Å². The molecule has 0 fully saturated rings. The molecule has 2 heterocycles. The van der Waals surface area contributed by atoms with Gasteiger partial charge in [-0.2, -0.15) is 5.10 Å². The van der Waals surface area contributed by atoms with Crippen LogP contribution in [0.2, 0.25) is 5.02 Å². The highest BCUT2D eigenvalue weighted by atomic mass is 79.9. The first-order chi connectivity index (χ1) is 17.2. The topological polar surface area (TPSA) is 127 Å². The minimum atomic E-state index is -0.883. The third-order valence-electron chi connectivity index (χ3n) is 4.94. The average molecular weight is 632 g/mol. The van der Waals surface area contributed by atoms with Crippen molar-refractivity contribution < 1.29 is 19.1 Å². The van der Waals surface area contributed by atoms with E-state index in [0.717, 1.165) is 11.6 Å². The molecule has 0 aliphatic rings. The Hall–Kier alpha value is -3.42. The van der Waals surface area contributed by atoms with Gasteiger partial charge in [0, 0.05) is 22.4 Å². The molecule has 2 aromatic carbocycles. The lowest BCUT2D eigenvalue weighted by Gasteiger charge is -2.17. The van der Waals surface area contributed by atoms with Crippen LogP contribution in [0.3, 0.4) is 0 Å². The Kier molecular flexibility index (Phi) is 7.62. The second kappa shape index (κ2) is 10.7. The summed E-state index contributed by atoms with van der Waals surface area (Å²) in [6.07, 6.45) is 0.626. The third kappa shape index (κ3) is 5.22. The van der Waals surface area contributed by atoms with Gasteiger partial charge in [0.05, 0.1) is 17.7 Å². The summed E-state index contributed by atoms with van der Waals surface area (Å²) in [7, 11) is 7.55. The monoisotopic (exact) mass is 630 g/mol. The summed E-state index contributed by atoms with van der Waals surface area (Å²) in [4.78, 5) is 42.0. The number of nitrogens with one attached hydrogen (secondary N) is 3. The molecule has 4 rings (SSSR count). The predicted molar refractivity (Wildman–Crippen MR) is 142 cm³/mol. The van der Waals surface area contributed by atoms with Crippen LogP contribution in [-0.4, -0.2) is 47.6 Å². The van der Waals surface area contributed by atoms with Crippen molar-refractivity contribution in [3.8, 4) is 5.82 Å². The van der Waals surface area contributed by atoms with E-state index in [-0.39, 0.29) is 33.2 Å². The standard InChI is InChI=1S/C22H14BBr2ClN6O4/c1-36-22(35)30-29-20(33)13-8-10-7-11(24)4-5-12(10)17(23)18(13)28-21(34)15-9-16(25)31-32(15)19-14(26)3-2-6-27-19/h2-9H,1H3,(H,28,34)(H,29,33)(H,30,35). The highest BCUT2D eigenvalue weighted by molar-refractivity contribution is 9.10. The highest BCUT2D eigenvalue weighted by Crippen LogP contribution is 2.26. The van der Waals surface area contributed by atoms with Crippen LogP contribution in [0.4, 0.5) is 10.5 Å². The van der Waals surface area contributed by atoms with Crippen molar-refractivity contribution in [3.63, 3.8) is 0 Å². The lowest BCUT2D eigenvalue weighted by molar-refractivity contribution is 0.0921. The number of nitrogens with zero attached hydrogens (tertiary/aromatic N) is 3. The second-order valence-electron chi connectivity index (χ2n) is 7.18. The van der Waals surface area contributed by atoms with E-state index in [9.17, 15) is 14.4 Å². The minimum absolute atomic E-state index is 0.0103. The van der Waals surface area contributed by atoms with Crippen LogP contribution >= 0.6 is 43.5 Å². The number of hydrogen-bond donors (Lipinski definition) is 3. The molecule has 0 saturated heterocycles. The van der Waals surface area contributed by atoms with Gasteiger partial charge in [0.2, 0.25) is 0 Å². The Morgan fingerprint density at radius 2 is 1.86 bits per heavy atom. The molecule has 180 valence electrons. The smallest absolute Gasteiger partial charge is 0.425 e. The quantitative estimate of drug-likeness (QED) is 0.233. The summed E-state index contributed by atoms with van der Waals surface area (Å²) in [5, 5.41) is 8.43. The Morgan fingerprint density at radius 3 is 2.58 bits per heavy atom. The summed E-state index contributed by atoms with van der Waals surface area (Å²) >= 11 is 12.9. The number of pyridine rings is 1. The molecule has 2 aromatic heterocycles. The van der Waals surface area contributed by atoms with Gasteiger partial charge in [-0.3, -0.25) is 15.0 Å². The summed E-state index contributed by atoms with van der Waals surface area (Å²) in [5.41, 5.74) is 4.53. The summed E-state index contributed by atoms with van der Waals surface area (Å²) in [5.74, 6) is -1.16. The predicted octanol–water partition coefficient (Wildman–Crippen LogP) is 3.65. The van der Waals surface area contributed by atoms with Crippen molar-refractivity contribution in [2.24, 2.45) is 0 Å². The highest BCUT2D eigenvalue weighted by Gasteiger charge is 2.23. The maximum Gasteiger partial charge on any atom is 0.425 e. The summed E-state index contributed by atoms with van der Waals surface area (Å²) in [6, 6.07) is 11.5. The van der Waals surface area contributed by atoms with Gasteiger partial charge < -0.3 is 10.1 Å². The number of anilines is 1. The van der Waals surface area contributed by atoms with Gasteiger partial charge in [-0.25, -0.2) is 19.9 Å². The molecule has 0 unspecified atom stereocenters. The Bertz CT molecular complexity index is 1530. The number of aromatic nitrogens is 3. The fraction of sp³-hybridized carbons (Fsp3) is 0.0455. The largest absolute Gasteiger partial charge is 0.452 e. The van der Waals surface area contributed by atoms with Crippen molar-refractivity contribution in [1.82, 2.24) is 25.6 Å². The van der Waals surface area contributed by atoms with Crippen molar-refractivity contribution in [2.75, 3.05) is 12.4 Å². The van der Waals surface area contributed by atoms with Crippen molar-refractivity contribution in [3.05, 3.63) is 74.0 Å². The summed E-state index contributed by atoms with van der Waals surface area (Å²) < 4.78 is 6.84. The molecular formula is C22H14BBr2ClN6O4. The molecule has 0 atom stereocenters. The van der Waals surface area contributed by atoms with E-state index in [1.807, 2.05) is 0 Å². The fourth-order valence-corrected chi connectivity index (χ4v) is 4.29. The first-order valence-corrected chi connectivity index (χ1v) is 12.0. The number of halogens is 3. The number of fused-ring (bicyclic) bond motifs is 1. The number of benzene rings is 2. The number of rotatable bonds is 4. The zero-order valence-corrected chi connectivity index (χ0v) is 22.2. The summed E-state index contributed by atoms with van der Waals surface area (Å²) in [6.45, 7) is 0. The van der Waals surface area contributed by atoms with Crippen LogP contribution in [0.1, 0.15) is 20.8 Å². The first kappa shape index (κ1) is 25.7. The van der Waals surface area contributed by atoms with Crippen LogP contribution in [0, 0.1) is 0 Å². The average Bonchev–Trinajstić information content (AvgIpc) is 3.25. The van der Waals surface area contributed by atoms with E-state index >= 15 is 0 Å². The number of hydrogen-bond acceptors (Lipinski definition) is 6.